The number of hydrogen-bond donors (Lipinski definition) is 1. The summed E-state index contributed by atoms with van der Waals surface area (Å²) < 4.78 is 13.3. The minimum atomic E-state index is -0.274. The molecule has 5 aromatic rings. The third-order valence-corrected chi connectivity index (χ3v) is 6.23. The quantitative estimate of drug-likeness (QED) is 0.209. The standard InChI is InChI=1S/C29H21ClFNO/c30-17-21-6-4-19(5-7-21)16-20-8-10-23(11-9-20)29(33)27-18-32-28-25(2-1-3-26(27)28)22-12-14-24(31)15-13-22/h1-15,18,32H,16-17H2. The first-order valence-electron chi connectivity index (χ1n) is 10.8. The molecular weight excluding hydrogens is 433 g/mol. The van der Waals surface area contributed by atoms with Crippen molar-refractivity contribution in [2.45, 2.75) is 12.3 Å². The molecule has 2 nitrogen and oxygen atoms in total. The van der Waals surface area contributed by atoms with Gasteiger partial charge in [-0.25, -0.2) is 4.39 Å². The van der Waals surface area contributed by atoms with Gasteiger partial charge >= 0.3 is 0 Å². The summed E-state index contributed by atoms with van der Waals surface area (Å²) in [7, 11) is 0. The van der Waals surface area contributed by atoms with Gasteiger partial charge in [0, 0.05) is 34.2 Å². The molecule has 0 radical (unpaired) electrons. The molecule has 1 heterocycles. The van der Waals surface area contributed by atoms with Gasteiger partial charge in [-0.05, 0) is 40.8 Å². The highest BCUT2D eigenvalue weighted by molar-refractivity contribution is 6.18. The van der Waals surface area contributed by atoms with Crippen LogP contribution in [-0.2, 0) is 12.3 Å². The summed E-state index contributed by atoms with van der Waals surface area (Å²) in [5, 5.41) is 0.852. The van der Waals surface area contributed by atoms with Gasteiger partial charge in [0.25, 0.3) is 0 Å². The van der Waals surface area contributed by atoms with Crippen molar-refractivity contribution < 1.29 is 9.18 Å². The molecule has 0 spiro atoms. The van der Waals surface area contributed by atoms with E-state index in [1.807, 2.05) is 54.6 Å². The van der Waals surface area contributed by atoms with Crippen molar-refractivity contribution in [2.75, 3.05) is 0 Å². The molecule has 0 saturated carbocycles. The summed E-state index contributed by atoms with van der Waals surface area (Å²) in [6.07, 6.45) is 2.55. The second kappa shape index (κ2) is 9.05. The van der Waals surface area contributed by atoms with Gasteiger partial charge in [0.15, 0.2) is 5.78 Å². The normalized spacial score (nSPS) is 11.1. The molecule has 0 saturated heterocycles. The fourth-order valence-corrected chi connectivity index (χ4v) is 4.30. The third-order valence-electron chi connectivity index (χ3n) is 5.92. The SMILES string of the molecule is O=C(c1ccc(Cc2ccc(CCl)cc2)cc1)c1c[nH]c2c(-c3ccc(F)cc3)cccc12. The third kappa shape index (κ3) is 4.33. The molecule has 0 fully saturated rings. The molecule has 0 aliphatic heterocycles. The van der Waals surface area contributed by atoms with E-state index in [2.05, 4.69) is 17.1 Å². The topological polar surface area (TPSA) is 32.9 Å². The van der Waals surface area contributed by atoms with E-state index in [1.54, 1.807) is 18.3 Å². The van der Waals surface area contributed by atoms with Crippen molar-refractivity contribution in [3.05, 3.63) is 131 Å². The number of ketones is 1. The van der Waals surface area contributed by atoms with E-state index in [-0.39, 0.29) is 11.6 Å². The highest BCUT2D eigenvalue weighted by Gasteiger charge is 2.16. The van der Waals surface area contributed by atoms with Crippen molar-refractivity contribution in [3.63, 3.8) is 0 Å². The van der Waals surface area contributed by atoms with E-state index in [9.17, 15) is 9.18 Å². The Kier molecular flexibility index (Phi) is 5.80. The van der Waals surface area contributed by atoms with Crippen LogP contribution in [0, 0.1) is 5.82 Å². The highest BCUT2D eigenvalue weighted by Crippen LogP contribution is 2.31. The molecule has 0 amide bonds. The van der Waals surface area contributed by atoms with E-state index in [0.717, 1.165) is 39.6 Å². The maximum Gasteiger partial charge on any atom is 0.195 e. The van der Waals surface area contributed by atoms with Crippen LogP contribution in [0.2, 0.25) is 0 Å². The van der Waals surface area contributed by atoms with Gasteiger partial charge in [-0.2, -0.15) is 0 Å². The average molecular weight is 454 g/mol. The fraction of sp³-hybridized carbons (Fsp3) is 0.0690. The van der Waals surface area contributed by atoms with Crippen LogP contribution >= 0.6 is 11.6 Å². The molecule has 0 atom stereocenters. The molecule has 0 bridgehead atoms. The molecule has 0 aliphatic rings. The molecular formula is C29H21ClFNO. The number of halogens is 2. The lowest BCUT2D eigenvalue weighted by molar-refractivity contribution is 0.104. The maximum absolute atomic E-state index is 13.3. The van der Waals surface area contributed by atoms with Crippen molar-refractivity contribution in [1.82, 2.24) is 4.98 Å². The molecule has 4 aromatic carbocycles. The number of fused-ring (bicyclic) bond motifs is 1. The molecule has 162 valence electrons. The number of aromatic nitrogens is 1. The Morgan fingerprint density at radius 3 is 2.09 bits per heavy atom. The monoisotopic (exact) mass is 453 g/mol. The van der Waals surface area contributed by atoms with Crippen molar-refractivity contribution >= 4 is 28.3 Å². The van der Waals surface area contributed by atoms with Gasteiger partial charge in [0.05, 0.1) is 5.52 Å². The second-order valence-electron chi connectivity index (χ2n) is 8.09. The summed E-state index contributed by atoms with van der Waals surface area (Å²) in [6.45, 7) is 0. The molecule has 1 N–H and O–H groups in total. The van der Waals surface area contributed by atoms with E-state index >= 15 is 0 Å². The number of benzene rings is 4. The highest BCUT2D eigenvalue weighted by atomic mass is 35.5. The Morgan fingerprint density at radius 1 is 0.788 bits per heavy atom. The first-order valence-corrected chi connectivity index (χ1v) is 11.3. The van der Waals surface area contributed by atoms with Gasteiger partial charge in [0.1, 0.15) is 5.82 Å². The predicted molar refractivity (Wildman–Crippen MR) is 132 cm³/mol. The Morgan fingerprint density at radius 2 is 1.42 bits per heavy atom. The fourth-order valence-electron chi connectivity index (χ4n) is 4.12. The lowest BCUT2D eigenvalue weighted by Crippen LogP contribution is -2.00. The summed E-state index contributed by atoms with van der Waals surface area (Å²) in [5.74, 6) is 0.204. The van der Waals surface area contributed by atoms with Gasteiger partial charge in [-0.3, -0.25) is 4.79 Å². The van der Waals surface area contributed by atoms with Crippen molar-refractivity contribution in [1.29, 1.82) is 0 Å². The Bertz CT molecular complexity index is 1420. The average Bonchev–Trinajstić information content (AvgIpc) is 3.29. The smallest absolute Gasteiger partial charge is 0.195 e. The van der Waals surface area contributed by atoms with Crippen LogP contribution in [0.3, 0.4) is 0 Å². The summed E-state index contributed by atoms with van der Waals surface area (Å²) >= 11 is 5.86. The molecule has 0 aliphatic carbocycles. The number of aromatic amines is 1. The van der Waals surface area contributed by atoms with Gasteiger partial charge < -0.3 is 4.98 Å². The van der Waals surface area contributed by atoms with Crippen LogP contribution in [0.4, 0.5) is 4.39 Å². The summed E-state index contributed by atoms with van der Waals surface area (Å²) in [4.78, 5) is 16.5. The Hall–Kier alpha value is -3.69. The van der Waals surface area contributed by atoms with E-state index in [4.69, 9.17) is 11.6 Å². The van der Waals surface area contributed by atoms with Crippen LogP contribution in [-0.4, -0.2) is 10.8 Å². The number of alkyl halides is 1. The van der Waals surface area contributed by atoms with Crippen molar-refractivity contribution in [3.8, 4) is 11.1 Å². The minimum absolute atomic E-state index is 0.0319. The number of carbonyl (C=O) groups is 1. The van der Waals surface area contributed by atoms with E-state index < -0.39 is 0 Å². The largest absolute Gasteiger partial charge is 0.360 e. The molecule has 33 heavy (non-hydrogen) atoms. The Balaban J connectivity index is 1.40. The summed E-state index contributed by atoms with van der Waals surface area (Å²) in [5.41, 5.74) is 7.40. The van der Waals surface area contributed by atoms with Gasteiger partial charge in [0.2, 0.25) is 0 Å². The summed E-state index contributed by atoms with van der Waals surface area (Å²) in [6, 6.07) is 28.2. The number of rotatable bonds is 6. The second-order valence-corrected chi connectivity index (χ2v) is 8.36. The first-order chi connectivity index (χ1) is 16.1. The zero-order valence-corrected chi connectivity index (χ0v) is 18.6. The number of nitrogens with one attached hydrogen (secondary N) is 1. The van der Waals surface area contributed by atoms with Gasteiger partial charge in [-0.1, -0.05) is 78.9 Å². The number of H-pyrrole nitrogens is 1. The maximum atomic E-state index is 13.3. The number of para-hydroxylation sites is 1. The minimum Gasteiger partial charge on any atom is -0.360 e. The number of carbonyl (C=O) groups excluding carboxylic acids is 1. The lowest BCUT2D eigenvalue weighted by atomic mass is 9.97. The van der Waals surface area contributed by atoms with Crippen LogP contribution in [0.1, 0.15) is 32.6 Å². The van der Waals surface area contributed by atoms with E-state index in [1.165, 1.54) is 17.7 Å². The zero-order chi connectivity index (χ0) is 22.8. The molecule has 4 heteroatoms. The Labute approximate surface area is 196 Å². The van der Waals surface area contributed by atoms with Crippen LogP contribution in [0.5, 0.6) is 0 Å². The lowest BCUT2D eigenvalue weighted by Gasteiger charge is -2.06. The van der Waals surface area contributed by atoms with Crippen LogP contribution < -0.4 is 0 Å². The van der Waals surface area contributed by atoms with Crippen LogP contribution in [0.15, 0.2) is 97.2 Å². The molecule has 1 aromatic heterocycles. The van der Waals surface area contributed by atoms with Crippen molar-refractivity contribution in [2.24, 2.45) is 0 Å². The van der Waals surface area contributed by atoms with Gasteiger partial charge in [-0.15, -0.1) is 11.6 Å². The van der Waals surface area contributed by atoms with E-state index in [0.29, 0.717) is 17.0 Å². The number of hydrogen-bond acceptors (Lipinski definition) is 1. The first kappa shape index (κ1) is 21.2. The molecule has 5 rings (SSSR count). The molecule has 0 unspecified atom stereocenters. The van der Waals surface area contributed by atoms with Crippen LogP contribution in [0.25, 0.3) is 22.0 Å². The zero-order valence-electron chi connectivity index (χ0n) is 17.8. The predicted octanol–water partition coefficient (Wildman–Crippen LogP) is 7.53.